The molecule has 0 unspecified atom stereocenters. The molecule has 4 rings (SSSR count). The Bertz CT molecular complexity index is 1320. The molecule has 7 nitrogen and oxygen atoms in total. The Kier molecular flexibility index (Phi) is 5.26. The number of carbonyl (C=O) groups is 3. The zero-order chi connectivity index (χ0) is 23.2. The number of imide groups is 2. The summed E-state index contributed by atoms with van der Waals surface area (Å²) in [6.45, 7) is 9.63. The molecule has 7 heteroatoms. The molecule has 0 radical (unpaired) electrons. The van der Waals surface area contributed by atoms with Crippen molar-refractivity contribution in [2.45, 2.75) is 34.6 Å². The molecule has 1 saturated heterocycles. The highest BCUT2D eigenvalue weighted by Crippen LogP contribution is 2.26. The minimum atomic E-state index is -0.762. The summed E-state index contributed by atoms with van der Waals surface area (Å²) < 4.78 is 1.81. The van der Waals surface area contributed by atoms with Crippen LogP contribution in [0.5, 0.6) is 0 Å². The van der Waals surface area contributed by atoms with E-state index in [0.717, 1.165) is 33.0 Å². The number of barbiturate groups is 1. The van der Waals surface area contributed by atoms with Crippen LogP contribution in [0.25, 0.3) is 11.8 Å². The Morgan fingerprint density at radius 1 is 0.906 bits per heavy atom. The molecule has 1 aliphatic heterocycles. The van der Waals surface area contributed by atoms with Gasteiger partial charge in [-0.3, -0.25) is 14.9 Å². The fourth-order valence-corrected chi connectivity index (χ4v) is 3.94. The van der Waals surface area contributed by atoms with Crippen molar-refractivity contribution in [2.24, 2.45) is 0 Å². The van der Waals surface area contributed by atoms with Crippen molar-refractivity contribution in [1.82, 2.24) is 15.1 Å². The standard InChI is InChI=1S/C25H24N4O3/c1-14-7-6-8-19(12-14)28-24(31)21(23(30)26-25(28)32)13-20-17(4)27-29(18(20)5)22-10-9-15(2)11-16(22)3/h6-13H,1-5H3,(H,26,30,32)/b21-13+. The molecule has 1 aromatic heterocycles. The largest absolute Gasteiger partial charge is 0.335 e. The minimum absolute atomic E-state index is 0.113. The summed E-state index contributed by atoms with van der Waals surface area (Å²) in [4.78, 5) is 39.2. The number of nitrogens with zero attached hydrogens (tertiary/aromatic N) is 3. The Morgan fingerprint density at radius 3 is 2.31 bits per heavy atom. The Hall–Kier alpha value is -4.00. The molecule has 0 bridgehead atoms. The first-order chi connectivity index (χ1) is 15.2. The molecule has 3 aromatic rings. The van der Waals surface area contributed by atoms with Crippen LogP contribution in [0.3, 0.4) is 0 Å². The van der Waals surface area contributed by atoms with E-state index in [1.807, 2.05) is 57.5 Å². The summed E-state index contributed by atoms with van der Waals surface area (Å²) in [5, 5.41) is 6.91. The summed E-state index contributed by atoms with van der Waals surface area (Å²) >= 11 is 0. The smallest absolute Gasteiger partial charge is 0.273 e. The van der Waals surface area contributed by atoms with Crippen LogP contribution in [-0.4, -0.2) is 27.6 Å². The summed E-state index contributed by atoms with van der Waals surface area (Å²) in [6, 6.07) is 12.3. The molecular formula is C25H24N4O3. The lowest BCUT2D eigenvalue weighted by atomic mass is 10.0. The number of amides is 4. The fourth-order valence-electron chi connectivity index (χ4n) is 3.94. The number of rotatable bonds is 3. The molecule has 4 amide bonds. The van der Waals surface area contributed by atoms with Gasteiger partial charge in [0, 0.05) is 11.3 Å². The molecule has 1 fully saturated rings. The molecule has 162 valence electrons. The molecule has 0 saturated carbocycles. The van der Waals surface area contributed by atoms with Crippen LogP contribution in [-0.2, 0) is 9.59 Å². The van der Waals surface area contributed by atoms with Crippen LogP contribution in [0.1, 0.15) is 33.6 Å². The van der Waals surface area contributed by atoms with Gasteiger partial charge < -0.3 is 0 Å². The van der Waals surface area contributed by atoms with Gasteiger partial charge >= 0.3 is 6.03 Å². The highest BCUT2D eigenvalue weighted by atomic mass is 16.2. The first kappa shape index (κ1) is 21.2. The van der Waals surface area contributed by atoms with Crippen LogP contribution < -0.4 is 10.2 Å². The predicted octanol–water partition coefficient (Wildman–Crippen LogP) is 4.08. The third-order valence-electron chi connectivity index (χ3n) is 5.58. The average molecular weight is 428 g/mol. The van der Waals surface area contributed by atoms with Gasteiger partial charge in [-0.05, 0) is 70.0 Å². The van der Waals surface area contributed by atoms with Gasteiger partial charge in [-0.25, -0.2) is 14.4 Å². The maximum absolute atomic E-state index is 13.2. The first-order valence-corrected chi connectivity index (χ1v) is 10.3. The molecule has 1 N–H and O–H groups in total. The minimum Gasteiger partial charge on any atom is -0.273 e. The summed E-state index contributed by atoms with van der Waals surface area (Å²) in [5.74, 6) is -1.38. The van der Waals surface area contributed by atoms with Gasteiger partial charge in [-0.15, -0.1) is 0 Å². The zero-order valence-electron chi connectivity index (χ0n) is 18.7. The van der Waals surface area contributed by atoms with Gasteiger partial charge in [-0.1, -0.05) is 29.8 Å². The van der Waals surface area contributed by atoms with E-state index in [1.165, 1.54) is 6.08 Å². The van der Waals surface area contributed by atoms with E-state index in [0.29, 0.717) is 16.9 Å². The second-order valence-electron chi connectivity index (χ2n) is 8.08. The molecule has 2 aromatic carbocycles. The second-order valence-corrected chi connectivity index (χ2v) is 8.08. The highest BCUT2D eigenvalue weighted by molar-refractivity contribution is 6.39. The van der Waals surface area contributed by atoms with Crippen molar-refractivity contribution in [3.63, 3.8) is 0 Å². The van der Waals surface area contributed by atoms with Crippen LogP contribution >= 0.6 is 0 Å². The Balaban J connectivity index is 1.79. The van der Waals surface area contributed by atoms with Crippen LogP contribution in [0.2, 0.25) is 0 Å². The molecule has 0 spiro atoms. The molecule has 1 aliphatic rings. The lowest BCUT2D eigenvalue weighted by Crippen LogP contribution is -2.54. The van der Waals surface area contributed by atoms with E-state index in [9.17, 15) is 14.4 Å². The third kappa shape index (κ3) is 3.62. The first-order valence-electron chi connectivity index (χ1n) is 10.3. The lowest BCUT2D eigenvalue weighted by Gasteiger charge is -2.26. The molecular weight excluding hydrogens is 404 g/mol. The van der Waals surface area contributed by atoms with Crippen molar-refractivity contribution >= 4 is 29.6 Å². The van der Waals surface area contributed by atoms with Crippen molar-refractivity contribution in [3.05, 3.63) is 81.7 Å². The summed E-state index contributed by atoms with van der Waals surface area (Å²) in [7, 11) is 0. The number of anilines is 1. The monoisotopic (exact) mass is 428 g/mol. The van der Waals surface area contributed by atoms with Gasteiger partial charge in [-0.2, -0.15) is 5.10 Å². The summed E-state index contributed by atoms with van der Waals surface area (Å²) in [6.07, 6.45) is 1.52. The summed E-state index contributed by atoms with van der Waals surface area (Å²) in [5.41, 5.74) is 6.47. The van der Waals surface area contributed by atoms with Crippen LogP contribution in [0, 0.1) is 34.6 Å². The van der Waals surface area contributed by atoms with Gasteiger partial charge in [0.25, 0.3) is 11.8 Å². The Labute approximate surface area is 186 Å². The maximum atomic E-state index is 13.2. The van der Waals surface area contributed by atoms with Gasteiger partial charge in [0.15, 0.2) is 0 Å². The lowest BCUT2D eigenvalue weighted by molar-refractivity contribution is -0.122. The van der Waals surface area contributed by atoms with Crippen molar-refractivity contribution < 1.29 is 14.4 Å². The van der Waals surface area contributed by atoms with E-state index in [2.05, 4.69) is 16.5 Å². The van der Waals surface area contributed by atoms with Crippen LogP contribution in [0.4, 0.5) is 10.5 Å². The SMILES string of the molecule is Cc1cccc(N2C(=O)NC(=O)/C(=C\c3c(C)nn(-c4ccc(C)cc4C)c3C)C2=O)c1. The van der Waals surface area contributed by atoms with Crippen LogP contribution in [0.15, 0.2) is 48.0 Å². The van der Waals surface area contributed by atoms with Gasteiger partial charge in [0.1, 0.15) is 5.57 Å². The van der Waals surface area contributed by atoms with E-state index >= 15 is 0 Å². The van der Waals surface area contributed by atoms with Gasteiger partial charge in [0.05, 0.1) is 17.1 Å². The quantitative estimate of drug-likeness (QED) is 0.503. The predicted molar refractivity (Wildman–Crippen MR) is 123 cm³/mol. The van der Waals surface area contributed by atoms with E-state index < -0.39 is 17.8 Å². The van der Waals surface area contributed by atoms with E-state index in [-0.39, 0.29) is 5.57 Å². The normalized spacial score (nSPS) is 15.5. The number of benzene rings is 2. The molecule has 2 heterocycles. The number of hydrogen-bond donors (Lipinski definition) is 1. The highest BCUT2D eigenvalue weighted by Gasteiger charge is 2.37. The fraction of sp³-hybridized carbons (Fsp3) is 0.200. The Morgan fingerprint density at radius 2 is 1.62 bits per heavy atom. The molecule has 32 heavy (non-hydrogen) atoms. The third-order valence-corrected chi connectivity index (χ3v) is 5.58. The number of nitrogens with one attached hydrogen (secondary N) is 1. The average Bonchev–Trinajstić information content (AvgIpc) is 2.98. The van der Waals surface area contributed by atoms with Crippen molar-refractivity contribution in [1.29, 1.82) is 0 Å². The number of carbonyl (C=O) groups excluding carboxylic acids is 3. The number of aromatic nitrogens is 2. The topological polar surface area (TPSA) is 84.3 Å². The number of urea groups is 1. The zero-order valence-corrected chi connectivity index (χ0v) is 18.7. The molecule has 0 atom stereocenters. The second kappa shape index (κ2) is 7.92. The molecule has 0 aliphatic carbocycles. The van der Waals surface area contributed by atoms with E-state index in [1.54, 1.807) is 18.2 Å². The van der Waals surface area contributed by atoms with Gasteiger partial charge in [0.2, 0.25) is 0 Å². The van der Waals surface area contributed by atoms with Crippen molar-refractivity contribution in [3.8, 4) is 5.69 Å². The number of hydrogen-bond acceptors (Lipinski definition) is 4. The maximum Gasteiger partial charge on any atom is 0.335 e. The van der Waals surface area contributed by atoms with Crippen molar-refractivity contribution in [2.75, 3.05) is 4.90 Å². The number of aryl methyl sites for hydroxylation is 4. The van der Waals surface area contributed by atoms with E-state index in [4.69, 9.17) is 0 Å².